The maximum Gasteiger partial charge on any atom is 0.0717 e. The normalized spacial score (nSPS) is 25.8. The smallest absolute Gasteiger partial charge is 0.0717 e. The minimum atomic E-state index is 0.246. The lowest BCUT2D eigenvalue weighted by atomic mass is 9.83. The van der Waals surface area contributed by atoms with Crippen LogP contribution in [-0.2, 0) is 0 Å². The van der Waals surface area contributed by atoms with Crippen molar-refractivity contribution in [2.24, 2.45) is 23.7 Å². The van der Waals surface area contributed by atoms with Gasteiger partial charge >= 0.3 is 0 Å². The lowest BCUT2D eigenvalue weighted by molar-refractivity contribution is 0.527. The highest BCUT2D eigenvalue weighted by molar-refractivity contribution is 5.83. The van der Waals surface area contributed by atoms with Gasteiger partial charge < -0.3 is 9.80 Å². The highest BCUT2D eigenvalue weighted by Gasteiger charge is 2.48. The van der Waals surface area contributed by atoms with E-state index in [4.69, 9.17) is 4.98 Å². The van der Waals surface area contributed by atoms with Gasteiger partial charge in [0.2, 0.25) is 0 Å². The average Bonchev–Trinajstić information content (AvgIpc) is 3.88. The summed E-state index contributed by atoms with van der Waals surface area (Å²) < 4.78 is 0. The van der Waals surface area contributed by atoms with Crippen molar-refractivity contribution in [1.82, 2.24) is 4.98 Å². The van der Waals surface area contributed by atoms with E-state index in [1.54, 1.807) is 0 Å². The quantitative estimate of drug-likeness (QED) is 0.160. The Kier molecular flexibility index (Phi) is 9.06. The summed E-state index contributed by atoms with van der Waals surface area (Å²) in [6, 6.07) is 52.1. The van der Waals surface area contributed by atoms with Crippen LogP contribution >= 0.6 is 0 Å². The Morgan fingerprint density at radius 3 is 1.08 bits per heavy atom. The van der Waals surface area contributed by atoms with Crippen LogP contribution in [0.3, 0.4) is 0 Å². The summed E-state index contributed by atoms with van der Waals surface area (Å²) in [4.78, 5) is 11.0. The van der Waals surface area contributed by atoms with E-state index < -0.39 is 0 Å². The van der Waals surface area contributed by atoms with Crippen LogP contribution in [0.25, 0.3) is 55.9 Å². The number of aromatic nitrogens is 1. The number of rotatable bonds is 7. The third-order valence-corrected chi connectivity index (χ3v) is 14.0. The number of fused-ring (bicyclic) bond motifs is 6. The van der Waals surface area contributed by atoms with Crippen molar-refractivity contribution < 1.29 is 0 Å². The number of allylic oxidation sites excluding steroid dienone is 8. The van der Waals surface area contributed by atoms with Gasteiger partial charge in [-0.2, -0.15) is 0 Å². The molecule has 62 heavy (non-hydrogen) atoms. The van der Waals surface area contributed by atoms with Crippen LogP contribution in [0.15, 0.2) is 237 Å². The maximum absolute atomic E-state index is 5.64. The van der Waals surface area contributed by atoms with Gasteiger partial charge in [0, 0.05) is 46.2 Å². The van der Waals surface area contributed by atoms with Crippen molar-refractivity contribution in [2.75, 3.05) is 9.80 Å². The lowest BCUT2D eigenvalue weighted by Gasteiger charge is -2.36. The first kappa shape index (κ1) is 36.6. The number of pyridine rings is 1. The zero-order valence-electron chi connectivity index (χ0n) is 34.5. The second kappa shape index (κ2) is 15.3. The van der Waals surface area contributed by atoms with E-state index in [2.05, 4.69) is 247 Å². The molecule has 3 heterocycles. The zero-order valence-corrected chi connectivity index (χ0v) is 34.5. The summed E-state index contributed by atoms with van der Waals surface area (Å²) in [5.74, 6) is 1.61. The number of nitrogens with zero attached hydrogens (tertiary/aromatic N) is 3. The zero-order chi connectivity index (χ0) is 41.0. The number of hydrogen-bond donors (Lipinski definition) is 0. The SMILES string of the molecule is C1=CC2C3C=CC=CC3N(c3cc(-c4cc(-c5cccc(-c6ccccc6)c5)cc(-c5cccc(-c6ccccc6)c5)n4)cc(N4C5C=CC=CC5C5C=CC=CC54)c3)C2C=C1. The van der Waals surface area contributed by atoms with Crippen molar-refractivity contribution in [3.63, 3.8) is 0 Å². The fourth-order valence-corrected chi connectivity index (χ4v) is 11.1. The number of benzene rings is 5. The summed E-state index contributed by atoms with van der Waals surface area (Å²) in [5.41, 5.74) is 13.7. The molecule has 5 aromatic carbocycles. The van der Waals surface area contributed by atoms with Crippen LogP contribution in [0.5, 0.6) is 0 Å². The number of hydrogen-bond acceptors (Lipinski definition) is 3. The Hall–Kier alpha value is -7.23. The summed E-state index contributed by atoms with van der Waals surface area (Å²) in [6.07, 6.45) is 37.3. The van der Waals surface area contributed by atoms with E-state index in [1.165, 1.54) is 39.2 Å². The van der Waals surface area contributed by atoms with E-state index >= 15 is 0 Å². The predicted molar refractivity (Wildman–Crippen MR) is 259 cm³/mol. The van der Waals surface area contributed by atoms with Gasteiger partial charge in [-0.25, -0.2) is 4.98 Å². The van der Waals surface area contributed by atoms with Gasteiger partial charge in [-0.1, -0.05) is 194 Å². The van der Waals surface area contributed by atoms with Gasteiger partial charge in [0.1, 0.15) is 0 Å². The first-order valence-corrected chi connectivity index (χ1v) is 22.2. The lowest BCUT2D eigenvalue weighted by Crippen LogP contribution is -2.38. The summed E-state index contributed by atoms with van der Waals surface area (Å²) in [5, 5.41) is 0. The number of anilines is 2. The molecule has 0 amide bonds. The molecule has 2 saturated heterocycles. The van der Waals surface area contributed by atoms with Gasteiger partial charge in [0.15, 0.2) is 0 Å². The van der Waals surface area contributed by atoms with Crippen LogP contribution < -0.4 is 9.80 Å². The molecule has 0 bridgehead atoms. The second-order valence-electron chi connectivity index (χ2n) is 17.4. The largest absolute Gasteiger partial charge is 0.357 e. The van der Waals surface area contributed by atoms with Crippen LogP contribution in [0.2, 0.25) is 0 Å². The van der Waals surface area contributed by atoms with Gasteiger partial charge in [0.05, 0.1) is 35.6 Å². The molecule has 1 aromatic heterocycles. The van der Waals surface area contributed by atoms with Crippen molar-refractivity contribution in [3.8, 4) is 55.9 Å². The average molecular weight is 798 g/mol. The van der Waals surface area contributed by atoms with E-state index in [0.29, 0.717) is 23.7 Å². The minimum Gasteiger partial charge on any atom is -0.357 e. The molecule has 12 rings (SSSR count). The Balaban J connectivity index is 1.07. The molecule has 8 atom stereocenters. The standard InChI is InChI=1S/C59H47N3/c1-3-17-40(18-4-1)42-21-15-23-44(33-42)46-37-54(45-24-16-22-43(34-45)41-19-5-2-6-20-41)60-55(38-46)47-35-48(61-56-29-11-7-25-50(56)51-26-8-12-30-57(51)61)39-49(36-47)62-58-31-13-9-27-52(58)53-28-10-14-32-59(53)62/h1-39,50-53,56-59H. The molecule has 3 heteroatoms. The highest BCUT2D eigenvalue weighted by atomic mass is 15.3. The molecule has 0 spiro atoms. The van der Waals surface area contributed by atoms with E-state index in [1.807, 2.05) is 0 Å². The first-order valence-electron chi connectivity index (χ1n) is 22.2. The van der Waals surface area contributed by atoms with Crippen molar-refractivity contribution in [2.45, 2.75) is 24.2 Å². The second-order valence-corrected chi connectivity index (χ2v) is 17.4. The van der Waals surface area contributed by atoms with Crippen molar-refractivity contribution in [1.29, 1.82) is 0 Å². The fourth-order valence-electron chi connectivity index (χ4n) is 11.1. The third-order valence-electron chi connectivity index (χ3n) is 14.0. The molecule has 4 aliphatic carbocycles. The van der Waals surface area contributed by atoms with Gasteiger partial charge in [-0.05, 0) is 75.8 Å². The monoisotopic (exact) mass is 797 g/mol. The Labute approximate surface area is 365 Å². The molecule has 8 unspecified atom stereocenters. The Morgan fingerprint density at radius 1 is 0.274 bits per heavy atom. The molecule has 6 aromatic rings. The van der Waals surface area contributed by atoms with Crippen molar-refractivity contribution >= 4 is 11.4 Å². The predicted octanol–water partition coefficient (Wildman–Crippen LogP) is 13.5. The highest BCUT2D eigenvalue weighted by Crippen LogP contribution is 2.49. The van der Waals surface area contributed by atoms with Gasteiger partial charge in [-0.3, -0.25) is 0 Å². The third kappa shape index (κ3) is 6.39. The molecular weight excluding hydrogens is 751 g/mol. The van der Waals surface area contributed by atoms with Crippen molar-refractivity contribution in [3.05, 3.63) is 237 Å². The molecule has 298 valence electrons. The van der Waals surface area contributed by atoms with E-state index in [0.717, 1.165) is 28.1 Å². The Morgan fingerprint density at radius 2 is 0.629 bits per heavy atom. The van der Waals surface area contributed by atoms with E-state index in [-0.39, 0.29) is 24.2 Å². The van der Waals surface area contributed by atoms with Crippen LogP contribution in [0.4, 0.5) is 11.4 Å². The molecule has 0 radical (unpaired) electrons. The maximum atomic E-state index is 5.64. The molecule has 2 aliphatic heterocycles. The van der Waals surface area contributed by atoms with Gasteiger partial charge in [0.25, 0.3) is 0 Å². The van der Waals surface area contributed by atoms with Crippen LogP contribution in [0.1, 0.15) is 0 Å². The minimum absolute atomic E-state index is 0.246. The molecule has 0 saturated carbocycles. The molecule has 6 aliphatic rings. The summed E-state index contributed by atoms with van der Waals surface area (Å²) in [6.45, 7) is 0. The molecular formula is C59H47N3. The van der Waals surface area contributed by atoms with Gasteiger partial charge in [-0.15, -0.1) is 0 Å². The van der Waals surface area contributed by atoms with E-state index in [9.17, 15) is 0 Å². The summed E-state index contributed by atoms with van der Waals surface area (Å²) in [7, 11) is 0. The van der Waals surface area contributed by atoms with Crippen LogP contribution in [0, 0.1) is 23.7 Å². The Bertz CT molecular complexity index is 2670. The fraction of sp³-hybridized carbons (Fsp3) is 0.136. The van der Waals surface area contributed by atoms with Crippen LogP contribution in [-0.4, -0.2) is 29.2 Å². The summed E-state index contributed by atoms with van der Waals surface area (Å²) >= 11 is 0. The topological polar surface area (TPSA) is 19.4 Å². The first-order chi connectivity index (χ1) is 30.7. The molecule has 3 nitrogen and oxygen atoms in total. The molecule has 0 N–H and O–H groups in total. The molecule has 2 fully saturated rings.